The van der Waals surface area contributed by atoms with E-state index in [1.54, 1.807) is 12.1 Å². The average Bonchev–Trinajstić information content (AvgIpc) is 3.27. The molecule has 3 aromatic carbocycles. The summed E-state index contributed by atoms with van der Waals surface area (Å²) < 4.78 is 16.4. The third-order valence-corrected chi connectivity index (χ3v) is 7.13. The van der Waals surface area contributed by atoms with Gasteiger partial charge >= 0.3 is 0 Å². The van der Waals surface area contributed by atoms with Gasteiger partial charge in [-0.3, -0.25) is 4.57 Å². The summed E-state index contributed by atoms with van der Waals surface area (Å²) in [6.07, 6.45) is 4.24. The lowest BCUT2D eigenvalue weighted by Gasteiger charge is -2.38. The Labute approximate surface area is 210 Å². The van der Waals surface area contributed by atoms with E-state index < -0.39 is 5.41 Å². The van der Waals surface area contributed by atoms with Gasteiger partial charge in [0.1, 0.15) is 11.6 Å². The molecule has 0 saturated carbocycles. The molecule has 0 aliphatic carbocycles. The molecule has 178 valence electrons. The van der Waals surface area contributed by atoms with E-state index in [9.17, 15) is 4.39 Å². The van der Waals surface area contributed by atoms with Crippen LogP contribution in [0.5, 0.6) is 0 Å². The van der Waals surface area contributed by atoms with Crippen molar-refractivity contribution >= 4 is 7.85 Å². The molecule has 0 amide bonds. The fourth-order valence-electron chi connectivity index (χ4n) is 5.43. The number of halogens is 1. The van der Waals surface area contributed by atoms with Gasteiger partial charge in [0.15, 0.2) is 0 Å². The molecule has 0 bridgehead atoms. The van der Waals surface area contributed by atoms with Gasteiger partial charge in [-0.2, -0.15) is 0 Å². The molecule has 0 unspecified atom stereocenters. The SMILES string of the molecule is [B]CCCC(c1ccccc1C)(c1ccccc1C)c1ncc(C(C)C)n1-c1ccc(F)cc1C. The van der Waals surface area contributed by atoms with Gasteiger partial charge in [0.25, 0.3) is 0 Å². The summed E-state index contributed by atoms with van der Waals surface area (Å²) >= 11 is 0. The summed E-state index contributed by atoms with van der Waals surface area (Å²) in [6.45, 7) is 10.7. The number of imidazole rings is 1. The summed E-state index contributed by atoms with van der Waals surface area (Å²) in [6, 6.07) is 22.2. The highest BCUT2D eigenvalue weighted by molar-refractivity contribution is 6.08. The van der Waals surface area contributed by atoms with E-state index >= 15 is 0 Å². The van der Waals surface area contributed by atoms with E-state index in [0.29, 0.717) is 6.32 Å². The normalized spacial score (nSPS) is 11.9. The molecular weight excluding hydrogens is 430 g/mol. The summed E-state index contributed by atoms with van der Waals surface area (Å²) in [5.41, 5.74) is 7.30. The third kappa shape index (κ3) is 4.47. The second-order valence-electron chi connectivity index (χ2n) is 9.85. The van der Waals surface area contributed by atoms with Gasteiger partial charge in [0.05, 0.1) is 18.9 Å². The van der Waals surface area contributed by atoms with E-state index in [-0.39, 0.29) is 11.7 Å². The molecule has 0 spiro atoms. The maximum Gasteiger partial charge on any atom is 0.128 e. The van der Waals surface area contributed by atoms with E-state index in [2.05, 4.69) is 80.8 Å². The zero-order chi connectivity index (χ0) is 25.2. The molecule has 0 aliphatic heterocycles. The second kappa shape index (κ2) is 10.2. The van der Waals surface area contributed by atoms with Gasteiger partial charge in [-0.1, -0.05) is 75.1 Å². The topological polar surface area (TPSA) is 17.8 Å². The average molecular weight is 464 g/mol. The first kappa shape index (κ1) is 25.0. The van der Waals surface area contributed by atoms with Crippen LogP contribution in [0.3, 0.4) is 0 Å². The van der Waals surface area contributed by atoms with Crippen LogP contribution in [-0.2, 0) is 5.41 Å². The monoisotopic (exact) mass is 464 g/mol. The van der Waals surface area contributed by atoms with Gasteiger partial charge in [-0.15, -0.1) is 0 Å². The highest BCUT2D eigenvalue weighted by atomic mass is 19.1. The zero-order valence-electron chi connectivity index (χ0n) is 21.5. The lowest BCUT2D eigenvalue weighted by molar-refractivity contribution is 0.502. The first-order valence-corrected chi connectivity index (χ1v) is 12.5. The van der Waals surface area contributed by atoms with Crippen LogP contribution >= 0.6 is 0 Å². The number of hydrogen-bond acceptors (Lipinski definition) is 1. The van der Waals surface area contributed by atoms with Crippen LogP contribution < -0.4 is 0 Å². The smallest absolute Gasteiger partial charge is 0.128 e. The molecule has 2 nitrogen and oxygen atoms in total. The lowest BCUT2D eigenvalue weighted by atomic mass is 9.67. The summed E-state index contributed by atoms with van der Waals surface area (Å²) in [4.78, 5) is 5.17. The lowest BCUT2D eigenvalue weighted by Crippen LogP contribution is -2.35. The second-order valence-corrected chi connectivity index (χ2v) is 9.85. The van der Waals surface area contributed by atoms with Crippen molar-refractivity contribution in [2.45, 2.75) is 65.1 Å². The van der Waals surface area contributed by atoms with E-state index in [4.69, 9.17) is 12.8 Å². The number of rotatable bonds is 8. The van der Waals surface area contributed by atoms with Crippen molar-refractivity contribution in [1.82, 2.24) is 9.55 Å². The number of nitrogens with zero attached hydrogens (tertiary/aromatic N) is 2. The van der Waals surface area contributed by atoms with Crippen LogP contribution in [0, 0.1) is 26.6 Å². The van der Waals surface area contributed by atoms with Crippen molar-refractivity contribution in [3.05, 3.63) is 118 Å². The minimum atomic E-state index is -0.524. The molecule has 35 heavy (non-hydrogen) atoms. The molecule has 1 heterocycles. The van der Waals surface area contributed by atoms with Gasteiger partial charge in [-0.25, -0.2) is 9.37 Å². The number of benzene rings is 3. The highest BCUT2D eigenvalue weighted by Gasteiger charge is 2.42. The fourth-order valence-corrected chi connectivity index (χ4v) is 5.43. The largest absolute Gasteiger partial charge is 0.299 e. The van der Waals surface area contributed by atoms with Crippen LogP contribution in [0.2, 0.25) is 6.32 Å². The minimum Gasteiger partial charge on any atom is -0.299 e. The van der Waals surface area contributed by atoms with Crippen LogP contribution in [0.25, 0.3) is 5.69 Å². The maximum atomic E-state index is 14.1. The molecule has 4 heteroatoms. The van der Waals surface area contributed by atoms with E-state index in [1.807, 2.05) is 19.2 Å². The maximum absolute atomic E-state index is 14.1. The Hall–Kier alpha value is -3.14. The molecule has 0 N–H and O–H groups in total. The van der Waals surface area contributed by atoms with Crippen molar-refractivity contribution in [2.24, 2.45) is 0 Å². The van der Waals surface area contributed by atoms with E-state index in [0.717, 1.165) is 35.6 Å². The van der Waals surface area contributed by atoms with Gasteiger partial charge in [0.2, 0.25) is 0 Å². The summed E-state index contributed by atoms with van der Waals surface area (Å²) in [5, 5.41) is 0. The fraction of sp³-hybridized carbons (Fsp3) is 0.323. The van der Waals surface area contributed by atoms with E-state index in [1.165, 1.54) is 22.3 Å². The number of hydrogen-bond donors (Lipinski definition) is 0. The van der Waals surface area contributed by atoms with Crippen molar-refractivity contribution in [1.29, 1.82) is 0 Å². The quantitative estimate of drug-likeness (QED) is 0.244. The molecule has 2 radical (unpaired) electrons. The Kier molecular flexibility index (Phi) is 7.30. The van der Waals surface area contributed by atoms with Crippen LogP contribution in [0.1, 0.15) is 71.9 Å². The first-order valence-electron chi connectivity index (χ1n) is 12.5. The third-order valence-electron chi connectivity index (χ3n) is 7.13. The predicted molar refractivity (Wildman–Crippen MR) is 144 cm³/mol. The van der Waals surface area contributed by atoms with Crippen molar-refractivity contribution < 1.29 is 4.39 Å². The van der Waals surface area contributed by atoms with Crippen LogP contribution in [-0.4, -0.2) is 17.4 Å². The Morgan fingerprint density at radius 2 is 1.49 bits per heavy atom. The Balaban J connectivity index is 2.18. The molecule has 0 saturated heterocycles. The molecule has 0 fully saturated rings. The first-order chi connectivity index (χ1) is 16.8. The molecule has 1 aromatic heterocycles. The molecule has 4 aromatic rings. The van der Waals surface area contributed by atoms with Gasteiger partial charge in [0, 0.05) is 11.9 Å². The van der Waals surface area contributed by atoms with Crippen LogP contribution in [0.15, 0.2) is 72.9 Å². The van der Waals surface area contributed by atoms with Crippen molar-refractivity contribution in [3.8, 4) is 5.69 Å². The molecule has 0 atom stereocenters. The molecular formula is C31H34BFN2. The Morgan fingerprint density at radius 3 is 2.00 bits per heavy atom. The van der Waals surface area contributed by atoms with Gasteiger partial charge < -0.3 is 0 Å². The zero-order valence-corrected chi connectivity index (χ0v) is 21.5. The minimum absolute atomic E-state index is 0.230. The predicted octanol–water partition coefficient (Wildman–Crippen LogP) is 7.76. The van der Waals surface area contributed by atoms with Gasteiger partial charge in [-0.05, 0) is 79.1 Å². The summed E-state index contributed by atoms with van der Waals surface area (Å²) in [5.74, 6) is 0.959. The summed E-state index contributed by atoms with van der Waals surface area (Å²) in [7, 11) is 6.12. The molecule has 4 rings (SSSR count). The number of aromatic nitrogens is 2. The standard InChI is InChI=1S/C31H34BFN2/c1-21(2)29-20-34-30(35(29)28-16-15-25(33)19-24(28)5)31(17-10-18-32,26-13-8-6-11-22(26)3)27-14-9-7-12-23(27)4/h6-9,11-16,19-21H,10,17-18H2,1-5H3. The molecule has 0 aliphatic rings. The van der Waals surface area contributed by atoms with Crippen molar-refractivity contribution in [3.63, 3.8) is 0 Å². The number of aryl methyl sites for hydroxylation is 3. The Morgan fingerprint density at radius 1 is 0.886 bits per heavy atom. The van der Waals surface area contributed by atoms with Crippen molar-refractivity contribution in [2.75, 3.05) is 0 Å². The highest BCUT2D eigenvalue weighted by Crippen LogP contribution is 2.47. The Bertz CT molecular complexity index is 1280. The van der Waals surface area contributed by atoms with Crippen LogP contribution in [0.4, 0.5) is 4.39 Å².